The van der Waals surface area contributed by atoms with Crippen LogP contribution in [0.1, 0.15) is 75.1 Å². The molecule has 3 fully saturated rings. The third-order valence-corrected chi connectivity index (χ3v) is 11.8. The van der Waals surface area contributed by atoms with Crippen molar-refractivity contribution in [2.24, 2.45) is 5.92 Å². The first-order valence-electron chi connectivity index (χ1n) is 21.3. The number of hydrogen-bond acceptors (Lipinski definition) is 10. The number of aromatic amines is 1. The van der Waals surface area contributed by atoms with Crippen LogP contribution in [0.3, 0.4) is 0 Å². The summed E-state index contributed by atoms with van der Waals surface area (Å²) in [6.45, 7) is 4.37. The molecule has 3 saturated heterocycles. The largest absolute Gasteiger partial charge is 0.506 e. The molecule has 2 bridgehead atoms. The average molecular weight is 837 g/mol. The molecule has 5 aromatic carbocycles. The Bertz CT molecular complexity index is 2500. The van der Waals surface area contributed by atoms with E-state index in [0.29, 0.717) is 53.3 Å². The number of nitrogens with zero attached hydrogens (tertiary/aromatic N) is 1. The maximum atomic E-state index is 13.2. The fraction of sp³-hybridized carbons (Fsp3) is 0.300. The standard InChI is InChI=1S/C50H52N4O8/c55-43-21-19-41(42-20-22-46(57)52-48(42)43)44(56)30-51-29-34-13-11-33(12-14-34)6-5-27-60-49(58)38-17-15-35(16-18-38)32-61-40-10-4-9-39(28-40)47(37-7-2-1-3-8-37)53-50(59)62-45-31-54-25-23-36(45)24-26-54/h1-4,7-22,28,36,44-45,47,51,55-56H,5-6,23-27,29-32H2,(H,52,57)(H,53,59)/t44?,45-,47?/m0/s1. The number of aliphatic hydroxyl groups is 1. The van der Waals surface area contributed by atoms with Gasteiger partial charge in [-0.3, -0.25) is 9.69 Å². The lowest BCUT2D eigenvalue weighted by Crippen LogP contribution is -2.52. The summed E-state index contributed by atoms with van der Waals surface area (Å²) >= 11 is 0. The van der Waals surface area contributed by atoms with Crippen molar-refractivity contribution >= 4 is 23.0 Å². The minimum absolute atomic E-state index is 0.0451. The van der Waals surface area contributed by atoms with Crippen molar-refractivity contribution in [1.82, 2.24) is 20.5 Å². The molecule has 0 radical (unpaired) electrons. The smallest absolute Gasteiger partial charge is 0.408 e. The average Bonchev–Trinajstić information content (AvgIpc) is 3.30. The molecule has 9 rings (SSSR count). The maximum absolute atomic E-state index is 13.2. The molecule has 3 atom stereocenters. The van der Waals surface area contributed by atoms with E-state index in [1.165, 1.54) is 12.1 Å². The van der Waals surface area contributed by atoms with Crippen molar-refractivity contribution in [3.8, 4) is 11.5 Å². The van der Waals surface area contributed by atoms with E-state index in [-0.39, 0.29) is 36.5 Å². The Kier molecular flexibility index (Phi) is 13.6. The van der Waals surface area contributed by atoms with E-state index in [2.05, 4.69) is 20.5 Å². The van der Waals surface area contributed by atoms with Crippen molar-refractivity contribution in [2.75, 3.05) is 32.8 Å². The van der Waals surface area contributed by atoms with Crippen LogP contribution >= 0.6 is 0 Å². The van der Waals surface area contributed by atoms with Crippen molar-refractivity contribution in [3.05, 3.63) is 177 Å². The molecular formula is C50H52N4O8. The van der Waals surface area contributed by atoms with Crippen LogP contribution in [0.2, 0.25) is 0 Å². The van der Waals surface area contributed by atoms with Crippen molar-refractivity contribution in [1.29, 1.82) is 0 Å². The zero-order valence-corrected chi connectivity index (χ0v) is 34.5. The molecule has 3 aliphatic rings. The number of nitrogens with one attached hydrogen (secondary N) is 3. The molecular weight excluding hydrogens is 785 g/mol. The summed E-state index contributed by atoms with van der Waals surface area (Å²) in [6.07, 6.45) is 2.21. The van der Waals surface area contributed by atoms with Crippen LogP contribution in [0.4, 0.5) is 4.79 Å². The summed E-state index contributed by atoms with van der Waals surface area (Å²) < 4.78 is 17.7. The lowest BCUT2D eigenvalue weighted by atomic mass is 9.86. The van der Waals surface area contributed by atoms with E-state index >= 15 is 0 Å². The second-order valence-electron chi connectivity index (χ2n) is 16.1. The Morgan fingerprint density at radius 2 is 1.56 bits per heavy atom. The molecule has 12 nitrogen and oxygen atoms in total. The second-order valence-corrected chi connectivity index (χ2v) is 16.1. The number of aliphatic hydroxyl groups excluding tert-OH is 1. The molecule has 4 heterocycles. The number of aromatic hydroxyl groups is 1. The Labute approximate surface area is 360 Å². The number of phenolic OH excluding ortho intramolecular Hbond substituents is 1. The highest BCUT2D eigenvalue weighted by Crippen LogP contribution is 2.31. The maximum Gasteiger partial charge on any atom is 0.408 e. The van der Waals surface area contributed by atoms with Crippen LogP contribution in [0, 0.1) is 5.92 Å². The van der Waals surface area contributed by atoms with Crippen molar-refractivity contribution in [2.45, 2.75) is 57.1 Å². The predicted octanol–water partition coefficient (Wildman–Crippen LogP) is 7.34. The molecule has 320 valence electrons. The molecule has 1 aromatic heterocycles. The topological polar surface area (TPSA) is 162 Å². The highest BCUT2D eigenvalue weighted by Gasteiger charge is 2.37. The third-order valence-electron chi connectivity index (χ3n) is 11.8. The number of carbonyl (C=O) groups excluding carboxylic acids is 2. The summed E-state index contributed by atoms with van der Waals surface area (Å²) in [5.74, 6) is 0.649. The quantitative estimate of drug-likeness (QED) is 0.0465. The summed E-state index contributed by atoms with van der Waals surface area (Å²) in [5.41, 5.74) is 5.94. The molecule has 62 heavy (non-hydrogen) atoms. The highest BCUT2D eigenvalue weighted by molar-refractivity contribution is 5.89. The number of phenols is 1. The van der Waals surface area contributed by atoms with Gasteiger partial charge in [0.25, 0.3) is 0 Å². The summed E-state index contributed by atoms with van der Waals surface area (Å²) in [7, 11) is 0. The lowest BCUT2D eigenvalue weighted by Gasteiger charge is -2.43. The zero-order valence-electron chi connectivity index (χ0n) is 34.5. The van der Waals surface area contributed by atoms with Gasteiger partial charge >= 0.3 is 12.1 Å². The molecule has 5 N–H and O–H groups in total. The minimum Gasteiger partial charge on any atom is -0.506 e. The first-order chi connectivity index (χ1) is 30.3. The number of H-pyrrole nitrogens is 1. The van der Waals surface area contributed by atoms with E-state index in [9.17, 15) is 24.6 Å². The number of hydrogen-bond donors (Lipinski definition) is 5. The normalized spacial score (nSPS) is 17.9. The van der Waals surface area contributed by atoms with Gasteiger partial charge in [-0.1, -0.05) is 84.9 Å². The number of ether oxygens (including phenoxy) is 3. The van der Waals surface area contributed by atoms with Crippen LogP contribution in [-0.4, -0.2) is 71.0 Å². The van der Waals surface area contributed by atoms with Crippen molar-refractivity contribution in [3.63, 3.8) is 0 Å². The van der Waals surface area contributed by atoms with E-state index in [1.54, 1.807) is 24.3 Å². The van der Waals surface area contributed by atoms with Gasteiger partial charge < -0.3 is 40.0 Å². The van der Waals surface area contributed by atoms with Gasteiger partial charge in [0, 0.05) is 31.1 Å². The van der Waals surface area contributed by atoms with E-state index in [1.807, 2.05) is 91.0 Å². The SMILES string of the molecule is O=C(NC(c1ccccc1)c1cccc(OCc2ccc(C(=O)OCCCc3ccc(CNCC(O)c4ccc(O)c5[nH]c(=O)ccc45)cc3)cc2)c1)O[C@H]1CN2CCC1CC2. The molecule has 3 aliphatic heterocycles. The summed E-state index contributed by atoms with van der Waals surface area (Å²) in [4.78, 5) is 42.7. The van der Waals surface area contributed by atoms with E-state index in [4.69, 9.17) is 14.2 Å². The van der Waals surface area contributed by atoms with Crippen molar-refractivity contribution < 1.29 is 34.0 Å². The molecule has 6 aromatic rings. The Balaban J connectivity index is 0.762. The third kappa shape index (κ3) is 10.7. The van der Waals surface area contributed by atoms with Gasteiger partial charge in [-0.2, -0.15) is 0 Å². The minimum atomic E-state index is -0.838. The number of amides is 1. The summed E-state index contributed by atoms with van der Waals surface area (Å²) in [5, 5.41) is 27.9. The predicted molar refractivity (Wildman–Crippen MR) is 236 cm³/mol. The Morgan fingerprint density at radius 1 is 0.823 bits per heavy atom. The molecule has 0 saturated carbocycles. The number of piperidine rings is 3. The monoisotopic (exact) mass is 836 g/mol. The number of aromatic nitrogens is 1. The number of benzene rings is 5. The first kappa shape index (κ1) is 42.2. The van der Waals surface area contributed by atoms with Gasteiger partial charge in [0.1, 0.15) is 24.2 Å². The fourth-order valence-corrected chi connectivity index (χ4v) is 8.39. The molecule has 2 unspecified atom stereocenters. The number of esters is 1. The molecule has 0 spiro atoms. The second kappa shape index (κ2) is 19.9. The van der Waals surface area contributed by atoms with E-state index in [0.717, 1.165) is 66.7 Å². The number of fused-ring (bicyclic) bond motifs is 4. The molecule has 12 heteroatoms. The Morgan fingerprint density at radius 3 is 2.32 bits per heavy atom. The number of rotatable bonds is 17. The van der Waals surface area contributed by atoms with Crippen LogP contribution in [0.5, 0.6) is 11.5 Å². The number of pyridine rings is 1. The van der Waals surface area contributed by atoms with Gasteiger partial charge in [-0.15, -0.1) is 0 Å². The highest BCUT2D eigenvalue weighted by atomic mass is 16.6. The van der Waals surface area contributed by atoms with E-state index < -0.39 is 18.2 Å². The number of alkyl carbamates (subject to hydrolysis) is 1. The van der Waals surface area contributed by atoms with Crippen LogP contribution in [0.25, 0.3) is 10.9 Å². The Hall–Kier alpha value is -6.47. The van der Waals surface area contributed by atoms with Gasteiger partial charge in [-0.05, 0) is 114 Å². The van der Waals surface area contributed by atoms with Crippen LogP contribution in [-0.2, 0) is 29.0 Å². The van der Waals surface area contributed by atoms with Gasteiger partial charge in [0.05, 0.1) is 29.8 Å². The van der Waals surface area contributed by atoms with Crippen LogP contribution in [0.15, 0.2) is 132 Å². The molecule has 1 amide bonds. The van der Waals surface area contributed by atoms with Gasteiger partial charge in [-0.25, -0.2) is 9.59 Å². The fourth-order valence-electron chi connectivity index (χ4n) is 8.39. The first-order valence-corrected chi connectivity index (χ1v) is 21.3. The molecule has 0 aliphatic carbocycles. The van der Waals surface area contributed by atoms with Crippen LogP contribution < -0.4 is 20.9 Å². The van der Waals surface area contributed by atoms with Gasteiger partial charge in [0.2, 0.25) is 5.56 Å². The summed E-state index contributed by atoms with van der Waals surface area (Å²) in [6, 6.07) is 38.6. The zero-order chi connectivity index (χ0) is 42.8. The lowest BCUT2D eigenvalue weighted by molar-refractivity contribution is -0.0336. The number of carbonyl (C=O) groups is 2. The van der Waals surface area contributed by atoms with Gasteiger partial charge in [0.15, 0.2) is 0 Å². The number of aryl methyl sites for hydroxylation is 1.